The van der Waals surface area contributed by atoms with E-state index >= 15 is 0 Å². The first-order chi connectivity index (χ1) is 9.69. The molecule has 2 aliphatic rings. The number of nitrogens with two attached hydrogens (primary N) is 1. The minimum absolute atomic E-state index is 0.192. The van der Waals surface area contributed by atoms with E-state index in [4.69, 9.17) is 17.3 Å². The van der Waals surface area contributed by atoms with Crippen molar-refractivity contribution < 1.29 is 0 Å². The molecule has 5 heteroatoms. The van der Waals surface area contributed by atoms with Crippen LogP contribution in [-0.4, -0.2) is 48.1 Å². The van der Waals surface area contributed by atoms with Crippen LogP contribution < -0.4 is 5.73 Å². The van der Waals surface area contributed by atoms with Crippen LogP contribution in [0.1, 0.15) is 37.1 Å². The number of hydrogen-bond donors (Lipinski definition) is 1. The number of piperazine rings is 1. The first-order valence-corrected chi connectivity index (χ1v) is 8.87. The molecule has 3 heterocycles. The normalized spacial score (nSPS) is 27.4. The second-order valence-corrected chi connectivity index (χ2v) is 7.73. The van der Waals surface area contributed by atoms with E-state index in [1.807, 2.05) is 6.07 Å². The highest BCUT2D eigenvalue weighted by atomic mass is 35.5. The Morgan fingerprint density at radius 3 is 2.95 bits per heavy atom. The lowest BCUT2D eigenvalue weighted by molar-refractivity contribution is 0.0621. The Labute approximate surface area is 130 Å². The monoisotopic (exact) mass is 313 g/mol. The molecular formula is C15H24ClN3S. The van der Waals surface area contributed by atoms with Gasteiger partial charge in [0.2, 0.25) is 0 Å². The smallest absolute Gasteiger partial charge is 0.0931 e. The van der Waals surface area contributed by atoms with Crippen LogP contribution in [0.2, 0.25) is 4.34 Å². The van der Waals surface area contributed by atoms with Gasteiger partial charge in [0, 0.05) is 36.6 Å². The third-order valence-corrected chi connectivity index (χ3v) is 6.08. The average Bonchev–Trinajstić information content (AvgIpc) is 3.07. The van der Waals surface area contributed by atoms with Crippen molar-refractivity contribution in [2.75, 3.05) is 26.2 Å². The van der Waals surface area contributed by atoms with Crippen LogP contribution in [0.3, 0.4) is 0 Å². The van der Waals surface area contributed by atoms with Gasteiger partial charge in [0.1, 0.15) is 0 Å². The van der Waals surface area contributed by atoms with Crippen LogP contribution in [0.5, 0.6) is 0 Å². The summed E-state index contributed by atoms with van der Waals surface area (Å²) in [4.78, 5) is 6.57. The predicted molar refractivity (Wildman–Crippen MR) is 86.5 cm³/mol. The summed E-state index contributed by atoms with van der Waals surface area (Å²) in [6.07, 6.45) is 3.70. The van der Waals surface area contributed by atoms with E-state index in [-0.39, 0.29) is 6.04 Å². The Morgan fingerprint density at radius 1 is 1.40 bits per heavy atom. The number of nitrogens with zero attached hydrogens (tertiary/aromatic N) is 2. The lowest BCUT2D eigenvalue weighted by Crippen LogP contribution is -2.53. The molecule has 2 N–H and O–H groups in total. The SMILES string of the molecule is CCC(N)C(c1ccc(Cl)s1)N1CCN2CCCC2C1. The summed E-state index contributed by atoms with van der Waals surface area (Å²) in [5.41, 5.74) is 6.43. The molecule has 2 aliphatic heterocycles. The molecule has 2 saturated heterocycles. The summed E-state index contributed by atoms with van der Waals surface area (Å²) in [6.45, 7) is 6.95. The molecule has 1 aromatic heterocycles. The topological polar surface area (TPSA) is 32.5 Å². The molecule has 0 aliphatic carbocycles. The lowest BCUT2D eigenvalue weighted by atomic mass is 10.0. The standard InChI is InChI=1S/C15H24ClN3S/c1-2-12(17)15(13-5-6-14(16)20-13)19-9-8-18-7-3-4-11(18)10-19/h5-6,11-12,15H,2-4,7-10,17H2,1H3. The molecule has 3 rings (SSSR count). The molecule has 0 aromatic carbocycles. The van der Waals surface area contributed by atoms with Crippen molar-refractivity contribution >= 4 is 22.9 Å². The second-order valence-electron chi connectivity index (χ2n) is 5.99. The number of fused-ring (bicyclic) bond motifs is 1. The van der Waals surface area contributed by atoms with Crippen molar-refractivity contribution in [3.8, 4) is 0 Å². The molecular weight excluding hydrogens is 290 g/mol. The average molecular weight is 314 g/mol. The van der Waals surface area contributed by atoms with Gasteiger partial charge >= 0.3 is 0 Å². The molecule has 2 fully saturated rings. The molecule has 3 atom stereocenters. The maximum Gasteiger partial charge on any atom is 0.0931 e. The highest BCUT2D eigenvalue weighted by molar-refractivity contribution is 7.16. The molecule has 3 unspecified atom stereocenters. The Morgan fingerprint density at radius 2 is 2.25 bits per heavy atom. The van der Waals surface area contributed by atoms with Crippen molar-refractivity contribution in [3.63, 3.8) is 0 Å². The first kappa shape index (κ1) is 14.8. The largest absolute Gasteiger partial charge is 0.326 e. The Balaban J connectivity index is 1.78. The van der Waals surface area contributed by atoms with Crippen molar-refractivity contribution in [2.24, 2.45) is 5.73 Å². The lowest BCUT2D eigenvalue weighted by Gasteiger charge is -2.43. The van der Waals surface area contributed by atoms with Gasteiger partial charge in [-0.05, 0) is 37.9 Å². The zero-order valence-corrected chi connectivity index (χ0v) is 13.7. The molecule has 1 aromatic rings. The van der Waals surface area contributed by atoms with Crippen molar-refractivity contribution in [1.29, 1.82) is 0 Å². The summed E-state index contributed by atoms with van der Waals surface area (Å²) in [7, 11) is 0. The van der Waals surface area contributed by atoms with Gasteiger partial charge in [-0.3, -0.25) is 9.80 Å². The predicted octanol–water partition coefficient (Wildman–Crippen LogP) is 2.96. The van der Waals surface area contributed by atoms with Gasteiger partial charge in [0.15, 0.2) is 0 Å². The van der Waals surface area contributed by atoms with E-state index in [9.17, 15) is 0 Å². The van der Waals surface area contributed by atoms with E-state index in [0.29, 0.717) is 6.04 Å². The molecule has 112 valence electrons. The molecule has 3 nitrogen and oxygen atoms in total. The fourth-order valence-electron chi connectivity index (χ4n) is 3.64. The van der Waals surface area contributed by atoms with E-state index in [2.05, 4.69) is 22.8 Å². The fraction of sp³-hybridized carbons (Fsp3) is 0.733. The van der Waals surface area contributed by atoms with Gasteiger partial charge in [-0.1, -0.05) is 18.5 Å². The zero-order valence-electron chi connectivity index (χ0n) is 12.1. The quantitative estimate of drug-likeness (QED) is 0.927. The van der Waals surface area contributed by atoms with Crippen LogP contribution in [0, 0.1) is 0 Å². The van der Waals surface area contributed by atoms with E-state index in [1.165, 1.54) is 30.8 Å². The van der Waals surface area contributed by atoms with E-state index < -0.39 is 0 Å². The molecule has 0 spiro atoms. The summed E-state index contributed by atoms with van der Waals surface area (Å²) in [6, 6.07) is 5.43. The van der Waals surface area contributed by atoms with E-state index in [0.717, 1.165) is 29.9 Å². The molecule has 0 radical (unpaired) electrons. The number of halogens is 1. The molecule has 0 amide bonds. The van der Waals surface area contributed by atoms with Crippen LogP contribution in [0.15, 0.2) is 12.1 Å². The highest BCUT2D eigenvalue weighted by Crippen LogP contribution is 2.35. The maximum atomic E-state index is 6.43. The van der Waals surface area contributed by atoms with Crippen LogP contribution >= 0.6 is 22.9 Å². The summed E-state index contributed by atoms with van der Waals surface area (Å²) in [5.74, 6) is 0. The van der Waals surface area contributed by atoms with Crippen molar-refractivity contribution in [2.45, 2.75) is 44.3 Å². The Bertz CT molecular complexity index is 450. The van der Waals surface area contributed by atoms with Gasteiger partial charge in [-0.25, -0.2) is 0 Å². The summed E-state index contributed by atoms with van der Waals surface area (Å²) < 4.78 is 0.868. The van der Waals surface area contributed by atoms with Crippen LogP contribution in [0.4, 0.5) is 0 Å². The molecule has 20 heavy (non-hydrogen) atoms. The summed E-state index contributed by atoms with van der Waals surface area (Å²) >= 11 is 7.82. The molecule has 0 saturated carbocycles. The first-order valence-electron chi connectivity index (χ1n) is 7.68. The third-order valence-electron chi connectivity index (χ3n) is 4.77. The Hall–Kier alpha value is -0.130. The van der Waals surface area contributed by atoms with Gasteiger partial charge in [-0.2, -0.15) is 0 Å². The number of hydrogen-bond acceptors (Lipinski definition) is 4. The highest BCUT2D eigenvalue weighted by Gasteiger charge is 2.36. The zero-order chi connectivity index (χ0) is 14.1. The van der Waals surface area contributed by atoms with Crippen molar-refractivity contribution in [1.82, 2.24) is 9.80 Å². The Kier molecular flexibility index (Phi) is 4.68. The maximum absolute atomic E-state index is 6.43. The third kappa shape index (κ3) is 2.90. The summed E-state index contributed by atoms with van der Waals surface area (Å²) in [5, 5.41) is 0. The molecule has 0 bridgehead atoms. The minimum Gasteiger partial charge on any atom is -0.326 e. The van der Waals surface area contributed by atoms with Crippen LogP contribution in [0.25, 0.3) is 0 Å². The van der Waals surface area contributed by atoms with Gasteiger partial charge in [0.25, 0.3) is 0 Å². The number of thiophene rings is 1. The second kappa shape index (κ2) is 6.32. The van der Waals surface area contributed by atoms with Gasteiger partial charge in [0.05, 0.1) is 10.4 Å². The minimum atomic E-state index is 0.192. The number of rotatable bonds is 4. The van der Waals surface area contributed by atoms with Gasteiger partial charge < -0.3 is 5.73 Å². The van der Waals surface area contributed by atoms with Gasteiger partial charge in [-0.15, -0.1) is 11.3 Å². The van der Waals surface area contributed by atoms with Crippen molar-refractivity contribution in [3.05, 3.63) is 21.3 Å². The fourth-order valence-corrected chi connectivity index (χ4v) is 4.91. The van der Waals surface area contributed by atoms with Crippen LogP contribution in [-0.2, 0) is 0 Å². The van der Waals surface area contributed by atoms with E-state index in [1.54, 1.807) is 11.3 Å².